The van der Waals surface area contributed by atoms with Gasteiger partial charge in [0.25, 0.3) is 5.56 Å². The monoisotopic (exact) mass is 303 g/mol. The van der Waals surface area contributed by atoms with E-state index < -0.39 is 0 Å². The molecule has 17 heavy (non-hydrogen) atoms. The summed E-state index contributed by atoms with van der Waals surface area (Å²) in [4.78, 5) is 11.2. The number of nitrogens with one attached hydrogen (secondary N) is 2. The Kier molecular flexibility index (Phi) is 6.88. The molecule has 0 spiro atoms. The van der Waals surface area contributed by atoms with E-state index in [9.17, 15) is 4.79 Å². The van der Waals surface area contributed by atoms with Gasteiger partial charge in [0.15, 0.2) is 0 Å². The van der Waals surface area contributed by atoms with Crippen LogP contribution in [-0.4, -0.2) is 30.0 Å². The first kappa shape index (κ1) is 14.2. The standard InChI is InChI=1S/C11H18BrN3O2/c1-2-3-6-17-7-4-5-13-9-8-14-15-11(16)10(9)12/h8H,2-7H2,1H3,(H2,13,15,16). The van der Waals surface area contributed by atoms with Crippen molar-refractivity contribution in [3.8, 4) is 0 Å². The number of nitrogens with zero attached hydrogens (tertiary/aromatic N) is 1. The molecule has 0 saturated carbocycles. The summed E-state index contributed by atoms with van der Waals surface area (Å²) in [6.07, 6.45) is 4.76. The number of hydrogen-bond acceptors (Lipinski definition) is 4. The molecule has 0 aliphatic heterocycles. The maximum Gasteiger partial charge on any atom is 0.280 e. The van der Waals surface area contributed by atoms with Crippen LogP contribution >= 0.6 is 15.9 Å². The molecular formula is C11H18BrN3O2. The molecular weight excluding hydrogens is 286 g/mol. The summed E-state index contributed by atoms with van der Waals surface area (Å²) in [5, 5.41) is 9.21. The lowest BCUT2D eigenvalue weighted by molar-refractivity contribution is 0.131. The summed E-state index contributed by atoms with van der Waals surface area (Å²) in [5.41, 5.74) is 0.483. The maximum atomic E-state index is 11.2. The van der Waals surface area contributed by atoms with Gasteiger partial charge in [0.2, 0.25) is 0 Å². The molecule has 0 aliphatic rings. The van der Waals surface area contributed by atoms with Gasteiger partial charge in [-0.2, -0.15) is 5.10 Å². The van der Waals surface area contributed by atoms with Crippen LogP contribution in [-0.2, 0) is 4.74 Å². The molecule has 5 nitrogen and oxygen atoms in total. The van der Waals surface area contributed by atoms with Crippen molar-refractivity contribution in [2.24, 2.45) is 0 Å². The number of ether oxygens (including phenoxy) is 1. The van der Waals surface area contributed by atoms with E-state index >= 15 is 0 Å². The quantitative estimate of drug-likeness (QED) is 0.722. The molecule has 0 unspecified atom stereocenters. The fourth-order valence-corrected chi connectivity index (χ4v) is 1.58. The highest BCUT2D eigenvalue weighted by molar-refractivity contribution is 9.10. The first-order chi connectivity index (χ1) is 8.25. The average molecular weight is 304 g/mol. The Morgan fingerprint density at radius 3 is 3.00 bits per heavy atom. The van der Waals surface area contributed by atoms with Crippen LogP contribution in [0.25, 0.3) is 0 Å². The minimum Gasteiger partial charge on any atom is -0.383 e. The highest BCUT2D eigenvalue weighted by Gasteiger charge is 2.02. The second-order valence-electron chi connectivity index (χ2n) is 3.67. The normalized spacial score (nSPS) is 10.5. The molecule has 6 heteroatoms. The lowest BCUT2D eigenvalue weighted by Crippen LogP contribution is -2.13. The molecule has 0 saturated heterocycles. The van der Waals surface area contributed by atoms with Crippen molar-refractivity contribution in [3.63, 3.8) is 0 Å². The van der Waals surface area contributed by atoms with Crippen LogP contribution in [0.1, 0.15) is 26.2 Å². The SMILES string of the molecule is CCCCOCCCNc1cn[nH]c(=O)c1Br. The Morgan fingerprint density at radius 2 is 2.24 bits per heavy atom. The van der Waals surface area contributed by atoms with Crippen molar-refractivity contribution >= 4 is 21.6 Å². The molecule has 0 aliphatic carbocycles. The minimum absolute atomic E-state index is 0.228. The number of anilines is 1. The van der Waals surface area contributed by atoms with Crippen LogP contribution in [0.15, 0.2) is 15.5 Å². The zero-order valence-corrected chi connectivity index (χ0v) is 11.5. The first-order valence-electron chi connectivity index (χ1n) is 5.80. The molecule has 1 aromatic heterocycles. The lowest BCUT2D eigenvalue weighted by Gasteiger charge is -2.07. The third kappa shape index (κ3) is 5.32. The molecule has 1 rings (SSSR count). The number of unbranched alkanes of at least 4 members (excludes halogenated alkanes) is 1. The van der Waals surface area contributed by atoms with Crippen molar-refractivity contribution < 1.29 is 4.74 Å². The highest BCUT2D eigenvalue weighted by atomic mass is 79.9. The molecule has 0 amide bonds. The van der Waals surface area contributed by atoms with E-state index in [0.717, 1.165) is 39.0 Å². The van der Waals surface area contributed by atoms with Crippen LogP contribution in [0.2, 0.25) is 0 Å². The molecule has 96 valence electrons. The van der Waals surface area contributed by atoms with Gasteiger partial charge in [-0.25, -0.2) is 5.10 Å². The Balaban J connectivity index is 2.18. The number of aromatic nitrogens is 2. The van der Waals surface area contributed by atoms with Crippen LogP contribution in [0.4, 0.5) is 5.69 Å². The second-order valence-corrected chi connectivity index (χ2v) is 4.47. The van der Waals surface area contributed by atoms with Gasteiger partial charge in [-0.05, 0) is 28.8 Å². The second kappa shape index (κ2) is 8.25. The van der Waals surface area contributed by atoms with E-state index in [1.807, 2.05) is 0 Å². The molecule has 2 N–H and O–H groups in total. The third-order valence-corrected chi connectivity index (χ3v) is 3.01. The van der Waals surface area contributed by atoms with E-state index in [4.69, 9.17) is 4.74 Å². The summed E-state index contributed by atoms with van der Waals surface area (Å²) >= 11 is 3.21. The van der Waals surface area contributed by atoms with E-state index in [2.05, 4.69) is 38.4 Å². The largest absolute Gasteiger partial charge is 0.383 e. The maximum absolute atomic E-state index is 11.2. The predicted octanol–water partition coefficient (Wildman–Crippen LogP) is 2.15. The Morgan fingerprint density at radius 1 is 1.47 bits per heavy atom. The molecule has 1 aromatic rings. The summed E-state index contributed by atoms with van der Waals surface area (Å²) in [7, 11) is 0. The summed E-state index contributed by atoms with van der Waals surface area (Å²) in [6, 6.07) is 0. The smallest absolute Gasteiger partial charge is 0.280 e. The van der Waals surface area contributed by atoms with Gasteiger partial charge in [-0.15, -0.1) is 0 Å². The third-order valence-electron chi connectivity index (χ3n) is 2.22. The van der Waals surface area contributed by atoms with Gasteiger partial charge >= 0.3 is 0 Å². The van der Waals surface area contributed by atoms with Gasteiger partial charge in [0.05, 0.1) is 11.9 Å². The Hall–Kier alpha value is -0.880. The van der Waals surface area contributed by atoms with Crippen molar-refractivity contribution in [1.82, 2.24) is 10.2 Å². The van der Waals surface area contributed by atoms with Crippen LogP contribution in [0.5, 0.6) is 0 Å². The average Bonchev–Trinajstić information content (AvgIpc) is 2.33. The number of halogens is 1. The Bertz CT molecular complexity index is 381. The molecule has 0 aromatic carbocycles. The number of rotatable bonds is 8. The van der Waals surface area contributed by atoms with Gasteiger partial charge in [-0.3, -0.25) is 4.79 Å². The number of aromatic amines is 1. The number of hydrogen-bond donors (Lipinski definition) is 2. The molecule has 1 heterocycles. The summed E-state index contributed by atoms with van der Waals surface area (Å²) in [6.45, 7) is 4.46. The van der Waals surface area contributed by atoms with E-state index in [1.165, 1.54) is 0 Å². The molecule has 0 atom stereocenters. The first-order valence-corrected chi connectivity index (χ1v) is 6.59. The fourth-order valence-electron chi connectivity index (χ4n) is 1.25. The highest BCUT2D eigenvalue weighted by Crippen LogP contribution is 2.14. The molecule has 0 bridgehead atoms. The van der Waals surface area contributed by atoms with Crippen molar-refractivity contribution in [2.45, 2.75) is 26.2 Å². The van der Waals surface area contributed by atoms with Crippen LogP contribution < -0.4 is 10.9 Å². The van der Waals surface area contributed by atoms with Crippen molar-refractivity contribution in [2.75, 3.05) is 25.1 Å². The van der Waals surface area contributed by atoms with Gasteiger partial charge in [0.1, 0.15) is 4.47 Å². The predicted molar refractivity (Wildman–Crippen MR) is 71.4 cm³/mol. The van der Waals surface area contributed by atoms with E-state index in [0.29, 0.717) is 10.2 Å². The van der Waals surface area contributed by atoms with E-state index in [-0.39, 0.29) is 5.56 Å². The van der Waals surface area contributed by atoms with E-state index in [1.54, 1.807) is 6.20 Å². The van der Waals surface area contributed by atoms with Crippen LogP contribution in [0, 0.1) is 0 Å². The number of H-pyrrole nitrogens is 1. The van der Waals surface area contributed by atoms with Gasteiger partial charge in [-0.1, -0.05) is 13.3 Å². The Labute approximate surface area is 109 Å². The summed E-state index contributed by atoms with van der Waals surface area (Å²) < 4.78 is 5.92. The fraction of sp³-hybridized carbons (Fsp3) is 0.636. The zero-order chi connectivity index (χ0) is 12.5. The van der Waals surface area contributed by atoms with Crippen LogP contribution in [0.3, 0.4) is 0 Å². The summed E-state index contributed by atoms with van der Waals surface area (Å²) in [5.74, 6) is 0. The van der Waals surface area contributed by atoms with Gasteiger partial charge < -0.3 is 10.1 Å². The van der Waals surface area contributed by atoms with Crippen molar-refractivity contribution in [1.29, 1.82) is 0 Å². The topological polar surface area (TPSA) is 67.0 Å². The minimum atomic E-state index is -0.228. The molecule has 0 fully saturated rings. The molecule has 0 radical (unpaired) electrons. The van der Waals surface area contributed by atoms with Gasteiger partial charge in [0, 0.05) is 19.8 Å². The lowest BCUT2D eigenvalue weighted by atomic mass is 10.3. The zero-order valence-electron chi connectivity index (χ0n) is 9.96. The van der Waals surface area contributed by atoms with Crippen molar-refractivity contribution in [3.05, 3.63) is 21.0 Å².